The fourth-order valence-corrected chi connectivity index (χ4v) is 3.67. The van der Waals surface area contributed by atoms with E-state index in [-0.39, 0.29) is 24.6 Å². The monoisotopic (exact) mass is 368 g/mol. The highest BCUT2D eigenvalue weighted by Crippen LogP contribution is 2.54. The number of carbonyl (C=O) groups excluding carboxylic acids is 1. The molecule has 1 aromatic carbocycles. The largest absolute Gasteiger partial charge is 0.490 e. The maximum Gasteiger partial charge on any atom is 0.343 e. The Morgan fingerprint density at radius 2 is 2.00 bits per heavy atom. The molecule has 0 saturated heterocycles. The zero-order valence-electron chi connectivity index (χ0n) is 14.7. The number of rotatable bonds is 0. The molecule has 8 heteroatoms. The number of fused-ring (bicyclic) bond motifs is 3. The highest BCUT2D eigenvalue weighted by molar-refractivity contribution is 5.95. The number of aromatic nitrogens is 3. The second-order valence-electron chi connectivity index (χ2n) is 6.83. The Morgan fingerprint density at radius 3 is 2.81 bits per heavy atom. The summed E-state index contributed by atoms with van der Waals surface area (Å²) in [6, 6.07) is 6.36. The lowest BCUT2D eigenvalue weighted by Crippen LogP contribution is -2.33. The van der Waals surface area contributed by atoms with Crippen LogP contribution < -0.4 is 9.64 Å². The number of hydrogen-bond acceptors (Lipinski definition) is 6. The molecule has 1 saturated carbocycles. The molecule has 1 aliphatic carbocycles. The van der Waals surface area contributed by atoms with Crippen LogP contribution in [-0.2, 0) is 10.3 Å². The fraction of sp³-hybridized carbons (Fsp3) is 0.316. The SMILES string of the molecule is CN1c2ccn3ncc(c3n2)C(=O)OCCOc2ccc(F)cc2C12CC2. The van der Waals surface area contributed by atoms with Crippen LogP contribution in [0.15, 0.2) is 36.7 Å². The molecular formula is C19H17FN4O3. The van der Waals surface area contributed by atoms with E-state index < -0.39 is 5.97 Å². The lowest BCUT2D eigenvalue weighted by Gasteiger charge is -2.31. The molecule has 7 nitrogen and oxygen atoms in total. The summed E-state index contributed by atoms with van der Waals surface area (Å²) in [7, 11) is 1.93. The summed E-state index contributed by atoms with van der Waals surface area (Å²) >= 11 is 0. The van der Waals surface area contributed by atoms with Crippen molar-refractivity contribution in [3.8, 4) is 5.75 Å². The van der Waals surface area contributed by atoms with Crippen molar-refractivity contribution in [2.75, 3.05) is 25.2 Å². The summed E-state index contributed by atoms with van der Waals surface area (Å²) in [5.74, 6) is 0.457. The van der Waals surface area contributed by atoms with E-state index in [0.29, 0.717) is 22.8 Å². The zero-order valence-corrected chi connectivity index (χ0v) is 14.7. The van der Waals surface area contributed by atoms with Gasteiger partial charge in [0, 0.05) is 18.8 Å². The van der Waals surface area contributed by atoms with Crippen molar-refractivity contribution in [2.45, 2.75) is 18.4 Å². The van der Waals surface area contributed by atoms with Crippen LogP contribution in [0.5, 0.6) is 5.75 Å². The summed E-state index contributed by atoms with van der Waals surface area (Å²) in [5, 5.41) is 4.16. The van der Waals surface area contributed by atoms with Crippen molar-refractivity contribution in [3.63, 3.8) is 0 Å². The number of anilines is 1. The first kappa shape index (κ1) is 16.0. The summed E-state index contributed by atoms with van der Waals surface area (Å²) in [5.41, 5.74) is 1.13. The predicted molar refractivity (Wildman–Crippen MR) is 94.5 cm³/mol. The van der Waals surface area contributed by atoms with E-state index in [0.717, 1.165) is 18.4 Å². The number of ether oxygens (including phenoxy) is 2. The lowest BCUT2D eigenvalue weighted by molar-refractivity contribution is 0.0451. The maximum atomic E-state index is 14.0. The number of hydrogen-bond donors (Lipinski definition) is 0. The molecule has 3 heterocycles. The number of carbonyl (C=O) groups is 1. The molecule has 0 unspecified atom stereocenters. The minimum Gasteiger partial charge on any atom is -0.490 e. The highest BCUT2D eigenvalue weighted by Gasteiger charge is 2.50. The molecule has 0 N–H and O–H groups in total. The smallest absolute Gasteiger partial charge is 0.343 e. The molecular weight excluding hydrogens is 351 g/mol. The molecule has 138 valence electrons. The van der Waals surface area contributed by atoms with Gasteiger partial charge in [0.25, 0.3) is 0 Å². The Kier molecular flexibility index (Phi) is 3.37. The van der Waals surface area contributed by atoms with Gasteiger partial charge in [-0.1, -0.05) is 0 Å². The van der Waals surface area contributed by atoms with Gasteiger partial charge < -0.3 is 14.4 Å². The maximum absolute atomic E-state index is 14.0. The van der Waals surface area contributed by atoms with Crippen LogP contribution in [0, 0.1) is 5.82 Å². The van der Waals surface area contributed by atoms with E-state index in [2.05, 4.69) is 10.1 Å². The summed E-state index contributed by atoms with van der Waals surface area (Å²) in [6.07, 6.45) is 4.92. The molecule has 5 rings (SSSR count). The van der Waals surface area contributed by atoms with Crippen molar-refractivity contribution in [1.82, 2.24) is 14.6 Å². The third-order valence-electron chi connectivity index (χ3n) is 5.30. The highest BCUT2D eigenvalue weighted by atomic mass is 19.1. The molecule has 3 aromatic rings. The summed E-state index contributed by atoms with van der Waals surface area (Å²) < 4.78 is 26.7. The Labute approximate surface area is 154 Å². The van der Waals surface area contributed by atoms with Crippen LogP contribution in [0.4, 0.5) is 10.2 Å². The van der Waals surface area contributed by atoms with E-state index in [1.807, 2.05) is 18.0 Å². The Balaban J connectivity index is 1.69. The molecule has 1 spiro atoms. The molecule has 2 bridgehead atoms. The number of nitrogens with zero attached hydrogens (tertiary/aromatic N) is 4. The minimum atomic E-state index is -0.499. The molecule has 1 aliphatic heterocycles. The van der Waals surface area contributed by atoms with Gasteiger partial charge in [-0.25, -0.2) is 18.7 Å². The van der Waals surface area contributed by atoms with E-state index in [9.17, 15) is 9.18 Å². The van der Waals surface area contributed by atoms with Gasteiger partial charge in [0.2, 0.25) is 0 Å². The normalized spacial score (nSPS) is 18.3. The van der Waals surface area contributed by atoms with Crippen molar-refractivity contribution in [2.24, 2.45) is 0 Å². The van der Waals surface area contributed by atoms with E-state index in [1.165, 1.54) is 22.8 Å². The summed E-state index contributed by atoms with van der Waals surface area (Å²) in [6.45, 7) is 0.259. The lowest BCUT2D eigenvalue weighted by atomic mass is 10.0. The Bertz CT molecular complexity index is 1060. The van der Waals surface area contributed by atoms with Crippen molar-refractivity contribution >= 4 is 17.4 Å². The second-order valence-corrected chi connectivity index (χ2v) is 6.83. The average molecular weight is 368 g/mol. The predicted octanol–water partition coefficient (Wildman–Crippen LogP) is 2.54. The van der Waals surface area contributed by atoms with Gasteiger partial charge in [0.05, 0.1) is 11.7 Å². The third-order valence-corrected chi connectivity index (χ3v) is 5.30. The van der Waals surface area contributed by atoms with Crippen molar-refractivity contribution in [3.05, 3.63) is 53.6 Å². The van der Waals surface area contributed by atoms with E-state index in [4.69, 9.17) is 9.47 Å². The van der Waals surface area contributed by atoms with Gasteiger partial charge in [-0.3, -0.25) is 0 Å². The van der Waals surface area contributed by atoms with E-state index >= 15 is 0 Å². The molecule has 0 amide bonds. The van der Waals surface area contributed by atoms with Gasteiger partial charge in [-0.2, -0.15) is 5.10 Å². The number of esters is 1. The molecule has 0 radical (unpaired) electrons. The van der Waals surface area contributed by atoms with Crippen LogP contribution in [0.1, 0.15) is 28.8 Å². The van der Waals surface area contributed by atoms with Gasteiger partial charge in [-0.15, -0.1) is 0 Å². The first-order valence-electron chi connectivity index (χ1n) is 8.77. The van der Waals surface area contributed by atoms with E-state index in [1.54, 1.807) is 12.3 Å². The Hall–Kier alpha value is -3.16. The average Bonchev–Trinajstić information content (AvgIpc) is 3.37. The van der Waals surface area contributed by atoms with Crippen LogP contribution in [0.3, 0.4) is 0 Å². The second kappa shape index (κ2) is 5.67. The molecule has 0 atom stereocenters. The van der Waals surface area contributed by atoms with Gasteiger partial charge in [0.15, 0.2) is 5.65 Å². The molecule has 2 aliphatic rings. The fourth-order valence-electron chi connectivity index (χ4n) is 3.67. The van der Waals surface area contributed by atoms with Gasteiger partial charge >= 0.3 is 5.97 Å². The molecule has 1 fully saturated rings. The molecule has 27 heavy (non-hydrogen) atoms. The minimum absolute atomic E-state index is 0.0789. The van der Waals surface area contributed by atoms with Gasteiger partial charge in [-0.05, 0) is 37.1 Å². The molecule has 2 aromatic heterocycles. The number of benzene rings is 1. The third kappa shape index (κ3) is 2.43. The van der Waals surface area contributed by atoms with Crippen LogP contribution >= 0.6 is 0 Å². The zero-order chi connectivity index (χ0) is 18.6. The van der Waals surface area contributed by atoms with Crippen LogP contribution in [0.2, 0.25) is 0 Å². The Morgan fingerprint density at radius 1 is 1.19 bits per heavy atom. The van der Waals surface area contributed by atoms with Crippen LogP contribution in [-0.4, -0.2) is 40.8 Å². The number of halogens is 1. The topological polar surface area (TPSA) is 69.0 Å². The van der Waals surface area contributed by atoms with Crippen molar-refractivity contribution in [1.29, 1.82) is 0 Å². The van der Waals surface area contributed by atoms with Gasteiger partial charge in [0.1, 0.15) is 36.2 Å². The standard InChI is InChI=1S/C19H17FN4O3/c1-23-16-4-7-24-17(22-16)13(11-21-24)18(25)27-9-8-26-15-3-2-12(20)10-14(15)19(23)5-6-19/h2-4,7,10-11H,5-6,8-9H2,1H3. The summed E-state index contributed by atoms with van der Waals surface area (Å²) in [4.78, 5) is 19.0. The van der Waals surface area contributed by atoms with Crippen molar-refractivity contribution < 1.29 is 18.7 Å². The first-order valence-corrected chi connectivity index (χ1v) is 8.77. The first-order chi connectivity index (χ1) is 13.1. The number of cyclic esters (lactones) is 1. The van der Waals surface area contributed by atoms with Crippen LogP contribution in [0.25, 0.3) is 5.65 Å². The quantitative estimate of drug-likeness (QED) is 0.568.